The van der Waals surface area contributed by atoms with Gasteiger partial charge in [0.2, 0.25) is 15.9 Å². The maximum atomic E-state index is 12.0. The first-order chi connectivity index (χ1) is 8.03. The van der Waals surface area contributed by atoms with E-state index in [2.05, 4.69) is 5.32 Å². The molecule has 1 aliphatic heterocycles. The van der Waals surface area contributed by atoms with Gasteiger partial charge in [-0.05, 0) is 25.7 Å². The van der Waals surface area contributed by atoms with Crippen molar-refractivity contribution in [2.75, 3.05) is 25.2 Å². The molecular formula is C10H19ClN2O3S. The molecular weight excluding hydrogens is 264 g/mol. The number of nitrogens with zero attached hydrogens (tertiary/aromatic N) is 1. The summed E-state index contributed by atoms with van der Waals surface area (Å²) in [6.07, 6.45) is 2.57. The van der Waals surface area contributed by atoms with Gasteiger partial charge >= 0.3 is 0 Å². The van der Waals surface area contributed by atoms with E-state index in [4.69, 9.17) is 11.6 Å². The molecule has 17 heavy (non-hydrogen) atoms. The molecule has 1 N–H and O–H groups in total. The Bertz CT molecular complexity index is 359. The van der Waals surface area contributed by atoms with Crippen LogP contribution in [0.5, 0.6) is 0 Å². The first-order valence-corrected chi connectivity index (χ1v) is 7.94. The molecule has 1 heterocycles. The van der Waals surface area contributed by atoms with Gasteiger partial charge in [0.25, 0.3) is 0 Å². The van der Waals surface area contributed by atoms with Gasteiger partial charge in [0.15, 0.2) is 0 Å². The van der Waals surface area contributed by atoms with E-state index in [1.807, 2.05) is 0 Å². The van der Waals surface area contributed by atoms with Crippen molar-refractivity contribution in [1.82, 2.24) is 9.62 Å². The molecule has 1 fully saturated rings. The van der Waals surface area contributed by atoms with Gasteiger partial charge in [-0.25, -0.2) is 8.42 Å². The minimum atomic E-state index is -3.32. The lowest BCUT2D eigenvalue weighted by Gasteiger charge is -2.22. The maximum absolute atomic E-state index is 12.0. The second kappa shape index (κ2) is 6.56. The highest BCUT2D eigenvalue weighted by Crippen LogP contribution is 2.22. The van der Waals surface area contributed by atoms with Crippen molar-refractivity contribution in [3.63, 3.8) is 0 Å². The molecule has 1 rings (SSSR count). The van der Waals surface area contributed by atoms with Gasteiger partial charge < -0.3 is 5.32 Å². The van der Waals surface area contributed by atoms with Gasteiger partial charge in [-0.2, -0.15) is 4.31 Å². The van der Waals surface area contributed by atoms with E-state index in [1.165, 1.54) is 11.4 Å². The molecule has 0 aliphatic carbocycles. The normalized spacial score (nSPS) is 21.6. The van der Waals surface area contributed by atoms with E-state index in [1.54, 1.807) is 0 Å². The third kappa shape index (κ3) is 3.82. The van der Waals surface area contributed by atoms with Crippen LogP contribution < -0.4 is 5.32 Å². The topological polar surface area (TPSA) is 66.5 Å². The Labute approximate surface area is 108 Å². The Morgan fingerprint density at radius 2 is 2.18 bits per heavy atom. The molecule has 1 atom stereocenters. The summed E-state index contributed by atoms with van der Waals surface area (Å²) in [5, 5.41) is 2.51. The molecule has 7 heteroatoms. The van der Waals surface area contributed by atoms with E-state index < -0.39 is 16.1 Å². The average Bonchev–Trinajstić information content (AvgIpc) is 2.78. The Morgan fingerprint density at radius 1 is 1.47 bits per heavy atom. The highest BCUT2D eigenvalue weighted by Gasteiger charge is 2.37. The predicted molar refractivity (Wildman–Crippen MR) is 67.5 cm³/mol. The quantitative estimate of drug-likeness (QED) is 0.571. The van der Waals surface area contributed by atoms with Crippen LogP contribution in [-0.2, 0) is 14.8 Å². The Balaban J connectivity index is 2.66. The molecule has 1 saturated heterocycles. The number of likely N-dealkylation sites (N-methyl/N-ethyl adjacent to an activating group) is 1. The molecule has 0 aromatic heterocycles. The van der Waals surface area contributed by atoms with Crippen LogP contribution in [0.25, 0.3) is 0 Å². The smallest absolute Gasteiger partial charge is 0.238 e. The minimum absolute atomic E-state index is 0.0766. The maximum Gasteiger partial charge on any atom is 0.238 e. The summed E-state index contributed by atoms with van der Waals surface area (Å²) >= 11 is 5.52. The van der Waals surface area contributed by atoms with Crippen molar-refractivity contribution in [1.29, 1.82) is 0 Å². The summed E-state index contributed by atoms with van der Waals surface area (Å²) in [5.74, 6) is 0.324. The molecule has 1 aliphatic rings. The summed E-state index contributed by atoms with van der Waals surface area (Å²) < 4.78 is 25.4. The fraction of sp³-hybridized carbons (Fsp3) is 0.900. The number of unbranched alkanes of at least 4 members (excludes halogenated alkanes) is 1. The Morgan fingerprint density at radius 3 is 2.76 bits per heavy atom. The van der Waals surface area contributed by atoms with E-state index in [0.717, 1.165) is 6.42 Å². The molecule has 1 unspecified atom stereocenters. The number of hydrogen-bond acceptors (Lipinski definition) is 3. The zero-order valence-electron chi connectivity index (χ0n) is 9.99. The summed E-state index contributed by atoms with van der Waals surface area (Å²) in [6.45, 7) is 0.446. The predicted octanol–water partition coefficient (Wildman–Crippen LogP) is 0.546. The zero-order chi connectivity index (χ0) is 12.9. The van der Waals surface area contributed by atoms with E-state index in [9.17, 15) is 13.2 Å². The van der Waals surface area contributed by atoms with Crippen LogP contribution in [0.3, 0.4) is 0 Å². The van der Waals surface area contributed by atoms with Crippen molar-refractivity contribution in [2.45, 2.75) is 31.7 Å². The molecule has 5 nitrogen and oxygen atoms in total. The molecule has 0 spiro atoms. The second-order valence-corrected chi connectivity index (χ2v) is 6.51. The molecule has 0 saturated carbocycles. The third-order valence-electron chi connectivity index (χ3n) is 2.90. The SMILES string of the molecule is CNC(=O)C1CCCN1S(=O)(=O)CCCCCl. The summed E-state index contributed by atoms with van der Waals surface area (Å²) in [7, 11) is -1.80. The van der Waals surface area contributed by atoms with Crippen LogP contribution in [0.1, 0.15) is 25.7 Å². The van der Waals surface area contributed by atoms with Crippen molar-refractivity contribution < 1.29 is 13.2 Å². The van der Waals surface area contributed by atoms with Crippen LogP contribution >= 0.6 is 11.6 Å². The number of amides is 1. The Hall–Kier alpha value is -0.330. The number of halogens is 1. The fourth-order valence-electron chi connectivity index (χ4n) is 2.00. The van der Waals surface area contributed by atoms with Gasteiger partial charge in [-0.1, -0.05) is 0 Å². The average molecular weight is 283 g/mol. The highest BCUT2D eigenvalue weighted by molar-refractivity contribution is 7.89. The van der Waals surface area contributed by atoms with Gasteiger partial charge in [0, 0.05) is 19.5 Å². The summed E-state index contributed by atoms with van der Waals surface area (Å²) in [5.41, 5.74) is 0. The monoisotopic (exact) mass is 282 g/mol. The van der Waals surface area contributed by atoms with E-state index >= 15 is 0 Å². The second-order valence-electron chi connectivity index (χ2n) is 4.10. The number of nitrogens with one attached hydrogen (secondary N) is 1. The lowest BCUT2D eigenvalue weighted by Crippen LogP contribution is -2.45. The van der Waals surface area contributed by atoms with Crippen molar-refractivity contribution in [2.24, 2.45) is 0 Å². The van der Waals surface area contributed by atoms with Gasteiger partial charge in [0.1, 0.15) is 6.04 Å². The van der Waals surface area contributed by atoms with Gasteiger partial charge in [-0.15, -0.1) is 11.6 Å². The summed E-state index contributed by atoms with van der Waals surface area (Å²) in [6, 6.07) is -0.527. The molecule has 0 radical (unpaired) electrons. The first kappa shape index (κ1) is 14.7. The number of carbonyl (C=O) groups is 1. The molecule has 100 valence electrons. The lowest BCUT2D eigenvalue weighted by atomic mass is 10.2. The zero-order valence-corrected chi connectivity index (χ0v) is 11.6. The Kier molecular flexibility index (Phi) is 5.69. The van der Waals surface area contributed by atoms with Crippen LogP contribution in [0, 0.1) is 0 Å². The first-order valence-electron chi connectivity index (χ1n) is 5.80. The number of sulfonamides is 1. The third-order valence-corrected chi connectivity index (χ3v) is 5.12. The van der Waals surface area contributed by atoms with Crippen LogP contribution in [-0.4, -0.2) is 49.9 Å². The molecule has 0 aromatic rings. The lowest BCUT2D eigenvalue weighted by molar-refractivity contribution is -0.123. The van der Waals surface area contributed by atoms with Crippen LogP contribution in [0.2, 0.25) is 0 Å². The van der Waals surface area contributed by atoms with Gasteiger partial charge in [0.05, 0.1) is 5.75 Å². The standard InChI is InChI=1S/C10H19ClN2O3S/c1-12-10(14)9-5-4-7-13(9)17(15,16)8-3-2-6-11/h9H,2-8H2,1H3,(H,12,14). The van der Waals surface area contributed by atoms with Crippen LogP contribution in [0.15, 0.2) is 0 Å². The number of hydrogen-bond donors (Lipinski definition) is 1. The van der Waals surface area contributed by atoms with Crippen molar-refractivity contribution >= 4 is 27.5 Å². The summed E-state index contributed by atoms with van der Waals surface area (Å²) in [4.78, 5) is 11.6. The number of alkyl halides is 1. The fourth-order valence-corrected chi connectivity index (χ4v) is 3.99. The molecule has 0 aromatic carbocycles. The largest absolute Gasteiger partial charge is 0.358 e. The number of carbonyl (C=O) groups excluding carboxylic acids is 1. The van der Waals surface area contributed by atoms with E-state index in [-0.39, 0.29) is 11.7 Å². The van der Waals surface area contributed by atoms with E-state index in [0.29, 0.717) is 31.7 Å². The number of rotatable bonds is 6. The highest BCUT2D eigenvalue weighted by atomic mass is 35.5. The van der Waals surface area contributed by atoms with Crippen LogP contribution in [0.4, 0.5) is 0 Å². The van der Waals surface area contributed by atoms with Crippen molar-refractivity contribution in [3.8, 4) is 0 Å². The van der Waals surface area contributed by atoms with Gasteiger partial charge in [-0.3, -0.25) is 4.79 Å². The minimum Gasteiger partial charge on any atom is -0.358 e. The van der Waals surface area contributed by atoms with Crippen molar-refractivity contribution in [3.05, 3.63) is 0 Å². The molecule has 0 bridgehead atoms. The molecule has 1 amide bonds.